The highest BCUT2D eigenvalue weighted by Crippen LogP contribution is 2.39. The first-order chi connectivity index (χ1) is 10.3. The van der Waals surface area contributed by atoms with Crippen molar-refractivity contribution >= 4 is 16.6 Å². The maximum atomic E-state index is 5.40. The van der Waals surface area contributed by atoms with E-state index in [2.05, 4.69) is 17.2 Å². The molecule has 1 saturated carbocycles. The molecular formula is C17H22N2O2. The number of hydrogen-bond donors (Lipinski definition) is 1. The van der Waals surface area contributed by atoms with Crippen molar-refractivity contribution in [2.24, 2.45) is 5.92 Å². The Morgan fingerprint density at radius 3 is 2.71 bits per heavy atom. The number of aromatic nitrogens is 1. The van der Waals surface area contributed by atoms with E-state index in [0.717, 1.165) is 34.0 Å². The van der Waals surface area contributed by atoms with E-state index in [1.807, 2.05) is 24.4 Å². The molecular weight excluding hydrogens is 264 g/mol. The summed E-state index contributed by atoms with van der Waals surface area (Å²) >= 11 is 0. The summed E-state index contributed by atoms with van der Waals surface area (Å²) in [5.41, 5.74) is 0. The van der Waals surface area contributed by atoms with Gasteiger partial charge in [-0.1, -0.05) is 13.3 Å². The zero-order chi connectivity index (χ0) is 14.8. The number of benzene rings is 1. The summed E-state index contributed by atoms with van der Waals surface area (Å²) in [5.74, 6) is 3.23. The van der Waals surface area contributed by atoms with Crippen molar-refractivity contribution in [1.82, 2.24) is 4.98 Å². The topological polar surface area (TPSA) is 43.4 Å². The van der Waals surface area contributed by atoms with Gasteiger partial charge < -0.3 is 14.8 Å². The van der Waals surface area contributed by atoms with Gasteiger partial charge in [0.2, 0.25) is 0 Å². The molecule has 4 heteroatoms. The van der Waals surface area contributed by atoms with Gasteiger partial charge in [0.1, 0.15) is 5.82 Å². The number of hydrogen-bond acceptors (Lipinski definition) is 4. The zero-order valence-corrected chi connectivity index (χ0v) is 12.8. The van der Waals surface area contributed by atoms with Crippen LogP contribution in [0.25, 0.3) is 10.8 Å². The first-order valence-corrected chi connectivity index (χ1v) is 7.54. The van der Waals surface area contributed by atoms with Crippen molar-refractivity contribution in [3.8, 4) is 11.5 Å². The van der Waals surface area contributed by atoms with Gasteiger partial charge in [-0.15, -0.1) is 0 Å². The highest BCUT2D eigenvalue weighted by molar-refractivity contribution is 5.94. The number of nitrogens with one attached hydrogen (secondary N) is 1. The van der Waals surface area contributed by atoms with Crippen LogP contribution in [0.5, 0.6) is 11.5 Å². The molecule has 0 radical (unpaired) electrons. The van der Waals surface area contributed by atoms with Gasteiger partial charge in [0.05, 0.1) is 14.2 Å². The third kappa shape index (κ3) is 2.75. The molecule has 0 saturated heterocycles. The van der Waals surface area contributed by atoms with Crippen LogP contribution in [0.15, 0.2) is 24.4 Å². The second kappa shape index (κ2) is 5.80. The predicted octanol–water partition coefficient (Wildman–Crippen LogP) is 3.85. The number of anilines is 1. The molecule has 2 aromatic rings. The van der Waals surface area contributed by atoms with E-state index in [0.29, 0.717) is 6.04 Å². The van der Waals surface area contributed by atoms with Crippen molar-refractivity contribution < 1.29 is 9.47 Å². The second-order valence-electron chi connectivity index (χ2n) is 5.62. The molecule has 0 aliphatic heterocycles. The predicted molar refractivity (Wildman–Crippen MR) is 85.3 cm³/mol. The molecule has 1 aliphatic carbocycles. The lowest BCUT2D eigenvalue weighted by Gasteiger charge is -2.12. The molecule has 4 nitrogen and oxygen atoms in total. The van der Waals surface area contributed by atoms with Crippen LogP contribution in [0.2, 0.25) is 0 Å². The van der Waals surface area contributed by atoms with Crippen LogP contribution in [-0.4, -0.2) is 25.2 Å². The van der Waals surface area contributed by atoms with Gasteiger partial charge in [0, 0.05) is 17.6 Å². The lowest BCUT2D eigenvalue weighted by molar-refractivity contribution is 0.356. The fourth-order valence-corrected chi connectivity index (χ4v) is 2.90. The average molecular weight is 286 g/mol. The van der Waals surface area contributed by atoms with E-state index in [1.165, 1.54) is 19.3 Å². The largest absolute Gasteiger partial charge is 0.493 e. The number of methoxy groups -OCH3 is 2. The molecule has 3 rings (SSSR count). The van der Waals surface area contributed by atoms with Crippen molar-refractivity contribution in [2.75, 3.05) is 19.5 Å². The molecule has 1 fully saturated rings. The number of rotatable bonds is 6. The first-order valence-electron chi connectivity index (χ1n) is 7.54. The quantitative estimate of drug-likeness (QED) is 0.876. The van der Waals surface area contributed by atoms with Gasteiger partial charge >= 0.3 is 0 Å². The molecule has 2 unspecified atom stereocenters. The van der Waals surface area contributed by atoms with E-state index < -0.39 is 0 Å². The molecule has 0 bridgehead atoms. The number of pyridine rings is 1. The minimum atomic E-state index is 0.566. The molecule has 112 valence electrons. The molecule has 21 heavy (non-hydrogen) atoms. The Labute approximate surface area is 125 Å². The zero-order valence-electron chi connectivity index (χ0n) is 12.8. The minimum Gasteiger partial charge on any atom is -0.493 e. The van der Waals surface area contributed by atoms with Crippen molar-refractivity contribution in [3.05, 3.63) is 24.4 Å². The standard InChI is InChI=1S/C17H22N2O2/c1-4-5-12-8-14(12)19-17-13-10-16(21-3)15(20-2)9-11(13)6-7-18-17/h6-7,9-10,12,14H,4-5,8H2,1-3H3,(H,18,19). The van der Waals surface area contributed by atoms with Crippen LogP contribution in [0.1, 0.15) is 26.2 Å². The summed E-state index contributed by atoms with van der Waals surface area (Å²) in [6.07, 6.45) is 5.63. The van der Waals surface area contributed by atoms with Crippen LogP contribution in [0.4, 0.5) is 5.82 Å². The highest BCUT2D eigenvalue weighted by atomic mass is 16.5. The molecule has 1 N–H and O–H groups in total. The molecule has 0 amide bonds. The van der Waals surface area contributed by atoms with Gasteiger partial charge in [-0.3, -0.25) is 0 Å². The maximum absolute atomic E-state index is 5.40. The molecule has 1 aromatic heterocycles. The number of nitrogens with zero attached hydrogens (tertiary/aromatic N) is 1. The van der Waals surface area contributed by atoms with E-state index >= 15 is 0 Å². The SMILES string of the molecule is CCCC1CC1Nc1nccc2cc(OC)c(OC)cc12. The molecule has 1 heterocycles. The fraction of sp³-hybridized carbons (Fsp3) is 0.471. The van der Waals surface area contributed by atoms with Gasteiger partial charge in [-0.2, -0.15) is 0 Å². The van der Waals surface area contributed by atoms with Gasteiger partial charge in [0.25, 0.3) is 0 Å². The highest BCUT2D eigenvalue weighted by Gasteiger charge is 2.36. The number of fused-ring (bicyclic) bond motifs is 1. The van der Waals surface area contributed by atoms with Gasteiger partial charge in [0.15, 0.2) is 11.5 Å². The molecule has 1 aromatic carbocycles. The van der Waals surface area contributed by atoms with Crippen LogP contribution in [0, 0.1) is 5.92 Å². The molecule has 1 aliphatic rings. The van der Waals surface area contributed by atoms with Crippen molar-refractivity contribution in [3.63, 3.8) is 0 Å². The van der Waals surface area contributed by atoms with Gasteiger partial charge in [-0.25, -0.2) is 4.98 Å². The summed E-state index contributed by atoms with van der Waals surface area (Å²) in [7, 11) is 3.31. The Morgan fingerprint density at radius 2 is 2.00 bits per heavy atom. The Balaban J connectivity index is 1.92. The first kappa shape index (κ1) is 14.0. The fourth-order valence-electron chi connectivity index (χ4n) is 2.90. The summed E-state index contributed by atoms with van der Waals surface area (Å²) in [5, 5.41) is 5.77. The lowest BCUT2D eigenvalue weighted by Crippen LogP contribution is -2.06. The Hall–Kier alpha value is -1.97. The summed E-state index contributed by atoms with van der Waals surface area (Å²) in [4.78, 5) is 4.51. The van der Waals surface area contributed by atoms with E-state index in [4.69, 9.17) is 9.47 Å². The van der Waals surface area contributed by atoms with Crippen molar-refractivity contribution in [2.45, 2.75) is 32.2 Å². The molecule has 0 spiro atoms. The van der Waals surface area contributed by atoms with E-state index in [-0.39, 0.29) is 0 Å². The maximum Gasteiger partial charge on any atom is 0.161 e. The van der Waals surface area contributed by atoms with Crippen molar-refractivity contribution in [1.29, 1.82) is 0 Å². The van der Waals surface area contributed by atoms with Gasteiger partial charge in [-0.05, 0) is 42.3 Å². The third-order valence-corrected chi connectivity index (χ3v) is 4.17. The normalized spacial score (nSPS) is 20.3. The Kier molecular flexibility index (Phi) is 3.86. The number of ether oxygens (including phenoxy) is 2. The Bertz CT molecular complexity index is 642. The summed E-state index contributed by atoms with van der Waals surface area (Å²) < 4.78 is 10.8. The minimum absolute atomic E-state index is 0.566. The van der Waals surface area contributed by atoms with Crippen LogP contribution >= 0.6 is 0 Å². The lowest BCUT2D eigenvalue weighted by atomic mass is 10.1. The van der Waals surface area contributed by atoms with Crippen LogP contribution in [0.3, 0.4) is 0 Å². The average Bonchev–Trinajstić information content (AvgIpc) is 3.24. The summed E-state index contributed by atoms with van der Waals surface area (Å²) in [6.45, 7) is 2.24. The van der Waals surface area contributed by atoms with E-state index in [9.17, 15) is 0 Å². The van der Waals surface area contributed by atoms with E-state index in [1.54, 1.807) is 14.2 Å². The monoisotopic (exact) mass is 286 g/mol. The second-order valence-corrected chi connectivity index (χ2v) is 5.62. The smallest absolute Gasteiger partial charge is 0.161 e. The Morgan fingerprint density at radius 1 is 1.24 bits per heavy atom. The third-order valence-electron chi connectivity index (χ3n) is 4.17. The van der Waals surface area contributed by atoms with Crippen LogP contribution in [-0.2, 0) is 0 Å². The van der Waals surface area contributed by atoms with Crippen LogP contribution < -0.4 is 14.8 Å². The summed E-state index contributed by atoms with van der Waals surface area (Å²) in [6, 6.07) is 6.56. The molecule has 2 atom stereocenters.